The zero-order valence-corrected chi connectivity index (χ0v) is 26.8. The largest absolute Gasteiger partial charge is 0.497 e. The molecule has 0 fully saturated rings. The van der Waals surface area contributed by atoms with Crippen LogP contribution >= 0.6 is 22.6 Å². The third kappa shape index (κ3) is 8.66. The summed E-state index contributed by atoms with van der Waals surface area (Å²) in [6.07, 6.45) is 0.177. The lowest BCUT2D eigenvalue weighted by molar-refractivity contribution is -0.142. The van der Waals surface area contributed by atoms with Crippen molar-refractivity contribution in [2.24, 2.45) is 0 Å². The third-order valence-corrected chi connectivity index (χ3v) is 7.00. The van der Waals surface area contributed by atoms with Gasteiger partial charge in [-0.15, -0.1) is 0 Å². The van der Waals surface area contributed by atoms with Crippen LogP contribution < -0.4 is 14.8 Å². The number of carbonyl (C=O) groups is 3. The Morgan fingerprint density at radius 3 is 2.16 bits per heavy atom. The lowest BCUT2D eigenvalue weighted by Crippen LogP contribution is -2.43. The number of fused-ring (bicyclic) bond motifs is 1. The van der Waals surface area contributed by atoms with Crippen LogP contribution in [-0.4, -0.2) is 48.7 Å². The van der Waals surface area contributed by atoms with E-state index in [0.29, 0.717) is 22.4 Å². The Balaban J connectivity index is 1.56. The van der Waals surface area contributed by atoms with Crippen LogP contribution in [0.25, 0.3) is 10.9 Å². The Morgan fingerprint density at radius 2 is 1.53 bits per heavy atom. The summed E-state index contributed by atoms with van der Waals surface area (Å²) in [6, 6.07) is 20.2. The van der Waals surface area contributed by atoms with Gasteiger partial charge in [0.2, 0.25) is 0 Å². The molecule has 1 amide bonds. The quantitative estimate of drug-likeness (QED) is 0.161. The Hall–Kier alpha value is -4.19. The number of esters is 2. The predicted octanol–water partition coefficient (Wildman–Crippen LogP) is 5.90. The van der Waals surface area contributed by atoms with Gasteiger partial charge < -0.3 is 24.3 Å². The minimum Gasteiger partial charge on any atom is -0.497 e. The van der Waals surface area contributed by atoms with E-state index in [1.807, 2.05) is 51.1 Å². The number of hydrogen-bond acceptors (Lipinski definition) is 8. The van der Waals surface area contributed by atoms with E-state index in [2.05, 4.69) is 32.9 Å². The molecule has 4 aromatic rings. The Labute approximate surface area is 264 Å². The van der Waals surface area contributed by atoms with E-state index in [1.165, 1.54) is 13.2 Å². The number of aromatic nitrogens is 1. The Kier molecular flexibility index (Phi) is 10.2. The van der Waals surface area contributed by atoms with Gasteiger partial charge in [0, 0.05) is 15.4 Å². The molecule has 3 aromatic carbocycles. The van der Waals surface area contributed by atoms with Gasteiger partial charge in [-0.05, 0) is 103 Å². The number of methoxy groups -OCH3 is 2. The molecule has 43 heavy (non-hydrogen) atoms. The van der Waals surface area contributed by atoms with Gasteiger partial charge in [0.1, 0.15) is 35.4 Å². The molecular weight excluding hydrogens is 663 g/mol. The van der Waals surface area contributed by atoms with Crippen molar-refractivity contribution in [2.45, 2.75) is 45.4 Å². The van der Waals surface area contributed by atoms with Crippen LogP contribution in [0.3, 0.4) is 0 Å². The molecule has 0 bridgehead atoms. The second-order valence-corrected chi connectivity index (χ2v) is 12.0. The van der Waals surface area contributed by atoms with Crippen molar-refractivity contribution in [1.29, 1.82) is 0 Å². The number of rotatable bonds is 10. The third-order valence-electron chi connectivity index (χ3n) is 6.33. The highest BCUT2D eigenvalue weighted by Crippen LogP contribution is 2.24. The van der Waals surface area contributed by atoms with Crippen molar-refractivity contribution in [3.05, 3.63) is 98.8 Å². The van der Waals surface area contributed by atoms with Crippen molar-refractivity contribution < 1.29 is 33.3 Å². The van der Waals surface area contributed by atoms with Crippen LogP contribution in [-0.2, 0) is 27.3 Å². The number of nitrogens with zero attached hydrogens (tertiary/aromatic N) is 1. The SMILES string of the molecule is COC(=O)[C@H](Cc1ccc(OC(C)(C)C)cc1)NC(=O)c1cc(C(=O)OCc2ccc(OC)cc2)c2cc(I)ccc2n1. The standard InChI is InChI=1S/C33H33IN2O7/c1-33(2,3)43-24-13-6-20(7-14-24)16-29(32(39)41-5)36-30(37)28-18-26(25-17-22(34)10-15-27(25)35-28)31(38)42-19-21-8-11-23(40-4)12-9-21/h6-15,17-18,29H,16,19H2,1-5H3,(H,36,37)/t29-/m0/s1. The van der Waals surface area contributed by atoms with Gasteiger partial charge in [-0.25, -0.2) is 14.6 Å². The summed E-state index contributed by atoms with van der Waals surface area (Å²) < 4.78 is 22.5. The van der Waals surface area contributed by atoms with E-state index in [0.717, 1.165) is 14.7 Å². The van der Waals surface area contributed by atoms with Crippen molar-refractivity contribution in [3.63, 3.8) is 0 Å². The minimum absolute atomic E-state index is 0.0299. The number of halogens is 1. The van der Waals surface area contributed by atoms with E-state index in [1.54, 1.807) is 43.5 Å². The molecule has 0 spiro atoms. The fraction of sp³-hybridized carbons (Fsp3) is 0.273. The highest BCUT2D eigenvalue weighted by molar-refractivity contribution is 14.1. The fourth-order valence-corrected chi connectivity index (χ4v) is 4.77. The second-order valence-electron chi connectivity index (χ2n) is 10.8. The van der Waals surface area contributed by atoms with Crippen molar-refractivity contribution in [2.75, 3.05) is 14.2 Å². The second kappa shape index (κ2) is 13.9. The molecule has 1 atom stereocenters. The van der Waals surface area contributed by atoms with Crippen LogP contribution in [0.2, 0.25) is 0 Å². The van der Waals surface area contributed by atoms with Crippen LogP contribution in [0.1, 0.15) is 52.7 Å². The highest BCUT2D eigenvalue weighted by atomic mass is 127. The first kappa shape index (κ1) is 31.7. The van der Waals surface area contributed by atoms with Crippen LogP contribution in [0.4, 0.5) is 0 Å². The van der Waals surface area contributed by atoms with Crippen molar-refractivity contribution in [1.82, 2.24) is 10.3 Å². The van der Waals surface area contributed by atoms with Gasteiger partial charge in [0.05, 0.1) is 25.3 Å². The number of ether oxygens (including phenoxy) is 4. The van der Waals surface area contributed by atoms with Gasteiger partial charge in [-0.2, -0.15) is 0 Å². The number of carbonyl (C=O) groups excluding carboxylic acids is 3. The molecule has 0 unspecified atom stereocenters. The van der Waals surface area contributed by atoms with E-state index in [4.69, 9.17) is 18.9 Å². The van der Waals surface area contributed by atoms with E-state index < -0.39 is 23.9 Å². The zero-order chi connectivity index (χ0) is 31.1. The minimum atomic E-state index is -0.994. The summed E-state index contributed by atoms with van der Waals surface area (Å²) in [6.45, 7) is 5.90. The first-order valence-corrected chi connectivity index (χ1v) is 14.6. The Morgan fingerprint density at radius 1 is 0.884 bits per heavy atom. The molecule has 0 saturated carbocycles. The molecule has 0 aliphatic rings. The average molecular weight is 697 g/mol. The molecule has 0 radical (unpaired) electrons. The number of nitrogens with one attached hydrogen (secondary N) is 1. The van der Waals surface area contributed by atoms with Gasteiger partial charge >= 0.3 is 11.9 Å². The summed E-state index contributed by atoms with van der Waals surface area (Å²) in [5, 5.41) is 3.27. The molecule has 1 heterocycles. The molecular formula is C33H33IN2O7. The fourth-order valence-electron chi connectivity index (χ4n) is 4.28. The monoisotopic (exact) mass is 696 g/mol. The van der Waals surface area contributed by atoms with E-state index in [9.17, 15) is 14.4 Å². The summed E-state index contributed by atoms with van der Waals surface area (Å²) >= 11 is 2.14. The molecule has 1 aromatic heterocycles. The average Bonchev–Trinajstić information content (AvgIpc) is 2.99. The first-order chi connectivity index (χ1) is 20.5. The number of pyridine rings is 1. The number of hydrogen-bond donors (Lipinski definition) is 1. The molecule has 224 valence electrons. The van der Waals surface area contributed by atoms with Gasteiger partial charge in [0.15, 0.2) is 0 Å². The van der Waals surface area contributed by atoms with Gasteiger partial charge in [0.25, 0.3) is 5.91 Å². The van der Waals surface area contributed by atoms with Crippen LogP contribution in [0.5, 0.6) is 11.5 Å². The van der Waals surface area contributed by atoms with Gasteiger partial charge in [-0.1, -0.05) is 24.3 Å². The summed E-state index contributed by atoms with van der Waals surface area (Å²) in [5.41, 5.74) is 1.81. The normalized spacial score (nSPS) is 11.9. The van der Waals surface area contributed by atoms with E-state index in [-0.39, 0.29) is 29.9 Å². The molecule has 1 N–H and O–H groups in total. The predicted molar refractivity (Wildman–Crippen MR) is 170 cm³/mol. The first-order valence-electron chi connectivity index (χ1n) is 13.5. The van der Waals surface area contributed by atoms with Crippen molar-refractivity contribution in [3.8, 4) is 11.5 Å². The molecule has 0 aliphatic carbocycles. The Bertz CT molecular complexity index is 1610. The number of amides is 1. The van der Waals surface area contributed by atoms with Crippen LogP contribution in [0.15, 0.2) is 72.8 Å². The maximum absolute atomic E-state index is 13.4. The lowest BCUT2D eigenvalue weighted by atomic mass is 10.0. The number of benzene rings is 3. The molecule has 10 heteroatoms. The lowest BCUT2D eigenvalue weighted by Gasteiger charge is -2.21. The molecule has 9 nitrogen and oxygen atoms in total. The van der Waals surface area contributed by atoms with Crippen LogP contribution in [0, 0.1) is 3.57 Å². The maximum atomic E-state index is 13.4. The van der Waals surface area contributed by atoms with E-state index >= 15 is 0 Å². The van der Waals surface area contributed by atoms with Crippen molar-refractivity contribution >= 4 is 51.3 Å². The highest BCUT2D eigenvalue weighted by Gasteiger charge is 2.25. The zero-order valence-electron chi connectivity index (χ0n) is 24.6. The molecule has 0 saturated heterocycles. The smallest absolute Gasteiger partial charge is 0.339 e. The summed E-state index contributed by atoms with van der Waals surface area (Å²) in [4.78, 5) is 43.9. The summed E-state index contributed by atoms with van der Waals surface area (Å²) in [7, 11) is 2.83. The summed E-state index contributed by atoms with van der Waals surface area (Å²) in [5.74, 6) is -0.472. The molecule has 4 rings (SSSR count). The maximum Gasteiger partial charge on any atom is 0.339 e. The van der Waals surface area contributed by atoms with Gasteiger partial charge in [-0.3, -0.25) is 4.79 Å². The molecule has 0 aliphatic heterocycles. The topological polar surface area (TPSA) is 113 Å².